The lowest BCUT2D eigenvalue weighted by Crippen LogP contribution is -2.61. The molecule has 2 saturated carbocycles. The van der Waals surface area contributed by atoms with Gasteiger partial charge in [-0.2, -0.15) is 0 Å². The summed E-state index contributed by atoms with van der Waals surface area (Å²) in [4.78, 5) is 10.9. The van der Waals surface area contributed by atoms with Crippen LogP contribution in [0.3, 0.4) is 0 Å². The van der Waals surface area contributed by atoms with Crippen molar-refractivity contribution in [2.45, 2.75) is 167 Å². The smallest absolute Gasteiger partial charge is 0.252 e. The standard InChI is InChI=1S/C68H75BN4/c1-62(2,3)44-27-30-47(31-28-44)70-57-34-32-49(72-55-25-16-14-23-51(55)65(10)35-19-37-67(65,72)12)41-54(57)69-53-33-29-46(64(7,8)9)40-58(53)71(48-22-18-21-45(39-48)63(4,5)6)60-43-50(42-59(70)61(60)69)73-56-26-17-15-24-52(56)66(11)36-20-38-68(66,73)13/h14-18,21-34,39-43H,19-20,35-38H2,1-13H3. The van der Waals surface area contributed by atoms with Crippen molar-refractivity contribution in [3.05, 3.63) is 173 Å². The highest BCUT2D eigenvalue weighted by Gasteiger charge is 2.61. The minimum Gasteiger partial charge on any atom is -0.334 e. The maximum absolute atomic E-state index is 2.79. The van der Waals surface area contributed by atoms with Crippen molar-refractivity contribution < 1.29 is 0 Å². The SMILES string of the molecule is CC(C)(C)c1ccc(N2c3ccc(N4c5ccccc5C5(C)CCCC45C)cc3B3c4ccc(C(C)(C)C)cc4N(c4cccc(C(C)(C)C)c4)c4cc(N5c6ccccc6C6(C)CCCC56C)cc2c43)cc1. The van der Waals surface area contributed by atoms with E-state index in [4.69, 9.17) is 0 Å². The van der Waals surface area contributed by atoms with Crippen LogP contribution in [0.15, 0.2) is 146 Å². The summed E-state index contributed by atoms with van der Waals surface area (Å²) in [5.41, 5.74) is 23.7. The molecule has 7 aromatic carbocycles. The summed E-state index contributed by atoms with van der Waals surface area (Å²) in [5, 5.41) is 0. The van der Waals surface area contributed by atoms with Crippen molar-refractivity contribution in [2.75, 3.05) is 19.6 Å². The third kappa shape index (κ3) is 6.32. The van der Waals surface area contributed by atoms with E-state index < -0.39 is 0 Å². The average Bonchev–Trinajstić information content (AvgIpc) is 3.96. The Balaban J connectivity index is 1.14. The molecule has 5 heteroatoms. The molecule has 2 aliphatic carbocycles. The summed E-state index contributed by atoms with van der Waals surface area (Å²) in [6.07, 6.45) is 7.15. The lowest BCUT2D eigenvalue weighted by Gasteiger charge is -2.47. The number of rotatable bonds is 4. The number of nitrogens with zero attached hydrogens (tertiary/aromatic N) is 4. The Morgan fingerprint density at radius 2 is 0.877 bits per heavy atom. The predicted octanol–water partition coefficient (Wildman–Crippen LogP) is 16.4. The summed E-state index contributed by atoms with van der Waals surface area (Å²) in [6.45, 7) is 31.3. The van der Waals surface area contributed by atoms with E-state index >= 15 is 0 Å². The Labute approximate surface area is 437 Å². The zero-order valence-corrected chi connectivity index (χ0v) is 46.0. The van der Waals surface area contributed by atoms with Crippen LogP contribution < -0.4 is 36.0 Å². The van der Waals surface area contributed by atoms with Crippen molar-refractivity contribution in [1.29, 1.82) is 0 Å². The van der Waals surface area contributed by atoms with Crippen molar-refractivity contribution >= 4 is 80.0 Å². The van der Waals surface area contributed by atoms with Gasteiger partial charge in [0.05, 0.1) is 11.1 Å². The first-order valence-electron chi connectivity index (χ1n) is 27.6. The molecule has 370 valence electrons. The Kier molecular flexibility index (Phi) is 9.70. The molecule has 0 amide bonds. The fourth-order valence-electron chi connectivity index (χ4n) is 15.4. The van der Waals surface area contributed by atoms with Crippen LogP contribution in [-0.2, 0) is 27.1 Å². The third-order valence-electron chi connectivity index (χ3n) is 19.9. The molecule has 0 aromatic heterocycles. The Morgan fingerprint density at radius 3 is 1.45 bits per heavy atom. The van der Waals surface area contributed by atoms with Crippen molar-refractivity contribution in [3.8, 4) is 0 Å². The summed E-state index contributed by atoms with van der Waals surface area (Å²) in [5.74, 6) is 0. The number of benzene rings is 7. The minimum absolute atomic E-state index is 0.0241. The monoisotopic (exact) mass is 959 g/mol. The van der Waals surface area contributed by atoms with Gasteiger partial charge < -0.3 is 19.6 Å². The largest absolute Gasteiger partial charge is 0.334 e. The number of fused-ring (bicyclic) bond motifs is 10. The molecule has 4 aliphatic heterocycles. The van der Waals surface area contributed by atoms with Crippen LogP contribution in [0.2, 0.25) is 0 Å². The molecule has 7 aromatic rings. The molecule has 0 N–H and O–H groups in total. The second kappa shape index (κ2) is 15.2. The molecule has 4 atom stereocenters. The molecular formula is C68H75BN4. The lowest BCUT2D eigenvalue weighted by atomic mass is 9.33. The molecule has 0 bridgehead atoms. The topological polar surface area (TPSA) is 13.0 Å². The average molecular weight is 959 g/mol. The maximum Gasteiger partial charge on any atom is 0.252 e. The molecule has 73 heavy (non-hydrogen) atoms. The van der Waals surface area contributed by atoms with Crippen molar-refractivity contribution in [1.82, 2.24) is 0 Å². The molecule has 4 unspecified atom stereocenters. The molecule has 0 saturated heterocycles. The van der Waals surface area contributed by atoms with Crippen LogP contribution in [0.5, 0.6) is 0 Å². The van der Waals surface area contributed by atoms with E-state index in [9.17, 15) is 0 Å². The van der Waals surface area contributed by atoms with Crippen LogP contribution in [-0.4, -0.2) is 17.8 Å². The summed E-state index contributed by atoms with van der Waals surface area (Å²) in [6, 6.07) is 58.0. The predicted molar refractivity (Wildman–Crippen MR) is 313 cm³/mol. The normalized spacial score (nSPS) is 24.5. The first-order valence-corrected chi connectivity index (χ1v) is 27.6. The van der Waals surface area contributed by atoms with Gasteiger partial charge in [0.25, 0.3) is 6.71 Å². The van der Waals surface area contributed by atoms with Gasteiger partial charge in [-0.15, -0.1) is 0 Å². The molecule has 0 spiro atoms. The van der Waals surface area contributed by atoms with Crippen LogP contribution in [0.1, 0.15) is 156 Å². The van der Waals surface area contributed by atoms with Gasteiger partial charge in [0.1, 0.15) is 0 Å². The van der Waals surface area contributed by atoms with Crippen LogP contribution in [0.4, 0.5) is 56.9 Å². The maximum atomic E-state index is 2.79. The van der Waals surface area contributed by atoms with Gasteiger partial charge in [-0.1, -0.05) is 162 Å². The van der Waals surface area contributed by atoms with E-state index in [0.717, 1.165) is 6.42 Å². The quantitative estimate of drug-likeness (QED) is 0.163. The van der Waals surface area contributed by atoms with E-state index in [1.165, 1.54) is 133 Å². The van der Waals surface area contributed by atoms with Gasteiger partial charge in [0, 0.05) is 67.7 Å². The van der Waals surface area contributed by atoms with E-state index in [-0.39, 0.29) is 44.9 Å². The second-order valence-electron chi connectivity index (χ2n) is 27.0. The third-order valence-corrected chi connectivity index (χ3v) is 19.9. The summed E-state index contributed by atoms with van der Waals surface area (Å²) in [7, 11) is 0. The van der Waals surface area contributed by atoms with Gasteiger partial charge in [-0.05, 0) is 173 Å². The summed E-state index contributed by atoms with van der Waals surface area (Å²) >= 11 is 0. The highest BCUT2D eigenvalue weighted by atomic mass is 15.3. The van der Waals surface area contributed by atoms with Crippen LogP contribution >= 0.6 is 0 Å². The van der Waals surface area contributed by atoms with Crippen LogP contribution in [0, 0.1) is 0 Å². The fraction of sp³-hybridized carbons (Fsp3) is 0.382. The number of hydrogen-bond acceptors (Lipinski definition) is 4. The van der Waals surface area contributed by atoms with Crippen LogP contribution in [0.25, 0.3) is 0 Å². The van der Waals surface area contributed by atoms with Crippen molar-refractivity contribution in [3.63, 3.8) is 0 Å². The Morgan fingerprint density at radius 1 is 0.370 bits per heavy atom. The van der Waals surface area contributed by atoms with Gasteiger partial charge >= 0.3 is 0 Å². The highest BCUT2D eigenvalue weighted by molar-refractivity contribution is 7.00. The van der Waals surface area contributed by atoms with Gasteiger partial charge in [0.2, 0.25) is 0 Å². The Hall–Kier alpha value is -6.20. The van der Waals surface area contributed by atoms with E-state index in [1.54, 1.807) is 0 Å². The van der Waals surface area contributed by atoms with Gasteiger partial charge in [0.15, 0.2) is 0 Å². The van der Waals surface area contributed by atoms with E-state index in [2.05, 4.69) is 255 Å². The number of para-hydroxylation sites is 2. The van der Waals surface area contributed by atoms with Gasteiger partial charge in [-0.3, -0.25) is 0 Å². The fourth-order valence-corrected chi connectivity index (χ4v) is 15.4. The second-order valence-corrected chi connectivity index (χ2v) is 27.0. The molecule has 0 radical (unpaired) electrons. The zero-order valence-electron chi connectivity index (χ0n) is 46.0. The molecule has 13 rings (SSSR count). The van der Waals surface area contributed by atoms with E-state index in [1.807, 2.05) is 0 Å². The molecule has 4 nitrogen and oxygen atoms in total. The molecule has 6 aliphatic rings. The molecular weight excluding hydrogens is 884 g/mol. The lowest BCUT2D eigenvalue weighted by molar-refractivity contribution is 0.330. The highest BCUT2D eigenvalue weighted by Crippen LogP contribution is 2.64. The first-order chi connectivity index (χ1) is 34.6. The van der Waals surface area contributed by atoms with E-state index in [0.29, 0.717) is 0 Å². The summed E-state index contributed by atoms with van der Waals surface area (Å²) < 4.78 is 0. The van der Waals surface area contributed by atoms with Crippen molar-refractivity contribution in [2.24, 2.45) is 0 Å². The minimum atomic E-state index is -0.0997. The number of hydrogen-bond donors (Lipinski definition) is 0. The van der Waals surface area contributed by atoms with Gasteiger partial charge in [-0.25, -0.2) is 0 Å². The number of anilines is 10. The Bertz CT molecular complexity index is 3420. The molecule has 2 fully saturated rings. The zero-order chi connectivity index (χ0) is 51.0. The first kappa shape index (κ1) is 46.6. The molecule has 4 heterocycles.